The Morgan fingerprint density at radius 2 is 1.82 bits per heavy atom. The first-order valence-corrected chi connectivity index (χ1v) is 13.5. The smallest absolute Gasteiger partial charge is 0.269 e. The SMILES string of the molecule is CCOc1cc(/C=C(/C#N)C(=O)N2CCN(c3ccccc3)CC2)cc(I)c1OCc1cccc([N+](=O)[O-])c1. The molecule has 1 fully saturated rings. The molecule has 0 radical (unpaired) electrons. The predicted molar refractivity (Wildman–Crippen MR) is 157 cm³/mol. The zero-order chi connectivity index (χ0) is 27.8. The van der Waals surface area contributed by atoms with Gasteiger partial charge in [0.25, 0.3) is 11.6 Å². The van der Waals surface area contributed by atoms with E-state index in [1.165, 1.54) is 12.1 Å². The quantitative estimate of drug-likeness (QED) is 0.101. The van der Waals surface area contributed by atoms with Crippen LogP contribution in [0.5, 0.6) is 11.5 Å². The molecule has 0 saturated carbocycles. The highest BCUT2D eigenvalue weighted by atomic mass is 127. The van der Waals surface area contributed by atoms with Gasteiger partial charge in [-0.2, -0.15) is 5.26 Å². The number of nitro benzene ring substituents is 1. The second-order valence-electron chi connectivity index (χ2n) is 8.76. The van der Waals surface area contributed by atoms with Crippen LogP contribution in [-0.4, -0.2) is 48.5 Å². The molecule has 39 heavy (non-hydrogen) atoms. The summed E-state index contributed by atoms with van der Waals surface area (Å²) in [4.78, 5) is 27.7. The van der Waals surface area contributed by atoms with Gasteiger partial charge in [-0.25, -0.2) is 0 Å². The predicted octanol–water partition coefficient (Wildman–Crippen LogP) is 5.43. The van der Waals surface area contributed by atoms with E-state index in [-0.39, 0.29) is 23.8 Å². The summed E-state index contributed by atoms with van der Waals surface area (Å²) in [5.74, 6) is 0.648. The van der Waals surface area contributed by atoms with E-state index in [2.05, 4.69) is 33.6 Å². The Morgan fingerprint density at radius 3 is 2.49 bits per heavy atom. The Balaban J connectivity index is 1.49. The third-order valence-corrected chi connectivity index (χ3v) is 6.99. The molecule has 0 aliphatic carbocycles. The summed E-state index contributed by atoms with van der Waals surface area (Å²) >= 11 is 2.11. The van der Waals surface area contributed by atoms with E-state index in [0.29, 0.717) is 55.4 Å². The number of amides is 1. The number of benzene rings is 3. The van der Waals surface area contributed by atoms with Crippen LogP contribution >= 0.6 is 22.6 Å². The minimum absolute atomic E-state index is 0.00788. The molecule has 0 atom stereocenters. The molecule has 3 aromatic carbocycles. The van der Waals surface area contributed by atoms with Crippen LogP contribution in [0.1, 0.15) is 18.1 Å². The molecular formula is C29H27IN4O5. The van der Waals surface area contributed by atoms with Gasteiger partial charge in [0.05, 0.1) is 15.1 Å². The number of halogens is 1. The van der Waals surface area contributed by atoms with Crippen LogP contribution in [0.3, 0.4) is 0 Å². The van der Waals surface area contributed by atoms with Gasteiger partial charge in [-0.15, -0.1) is 0 Å². The van der Waals surface area contributed by atoms with Crippen molar-refractivity contribution in [1.82, 2.24) is 4.90 Å². The van der Waals surface area contributed by atoms with E-state index in [1.807, 2.05) is 43.3 Å². The van der Waals surface area contributed by atoms with Gasteiger partial charge in [-0.05, 0) is 71.0 Å². The molecule has 9 nitrogen and oxygen atoms in total. The molecule has 0 unspecified atom stereocenters. The summed E-state index contributed by atoms with van der Waals surface area (Å²) < 4.78 is 12.5. The second-order valence-corrected chi connectivity index (χ2v) is 9.93. The number of rotatable bonds is 9. The van der Waals surface area contributed by atoms with Gasteiger partial charge in [-0.3, -0.25) is 14.9 Å². The molecule has 1 heterocycles. The first kappa shape index (κ1) is 27.9. The van der Waals surface area contributed by atoms with Gasteiger partial charge in [0, 0.05) is 44.0 Å². The Bertz CT molecular complexity index is 1410. The fourth-order valence-electron chi connectivity index (χ4n) is 4.27. The maximum Gasteiger partial charge on any atom is 0.269 e. The molecule has 1 saturated heterocycles. The summed E-state index contributed by atoms with van der Waals surface area (Å²) in [7, 11) is 0. The number of nitrogens with zero attached hydrogens (tertiary/aromatic N) is 4. The molecule has 0 N–H and O–H groups in total. The highest BCUT2D eigenvalue weighted by molar-refractivity contribution is 14.1. The third kappa shape index (κ3) is 7.06. The number of anilines is 1. The third-order valence-electron chi connectivity index (χ3n) is 6.19. The van der Waals surface area contributed by atoms with E-state index >= 15 is 0 Å². The first-order chi connectivity index (χ1) is 18.9. The van der Waals surface area contributed by atoms with Crippen LogP contribution in [0.4, 0.5) is 11.4 Å². The average molecular weight is 638 g/mol. The number of carbonyl (C=O) groups excluding carboxylic acids is 1. The van der Waals surface area contributed by atoms with E-state index < -0.39 is 4.92 Å². The van der Waals surface area contributed by atoms with Gasteiger partial charge in [-0.1, -0.05) is 30.3 Å². The lowest BCUT2D eigenvalue weighted by Gasteiger charge is -2.36. The van der Waals surface area contributed by atoms with Crippen molar-refractivity contribution >= 4 is 45.9 Å². The van der Waals surface area contributed by atoms with Gasteiger partial charge in [0.1, 0.15) is 18.2 Å². The first-order valence-electron chi connectivity index (χ1n) is 12.4. The molecule has 200 valence electrons. The van der Waals surface area contributed by atoms with Crippen molar-refractivity contribution in [3.05, 3.63) is 97.1 Å². The summed E-state index contributed by atoms with van der Waals surface area (Å²) in [6, 6.07) is 21.9. The summed E-state index contributed by atoms with van der Waals surface area (Å²) in [5.41, 5.74) is 2.44. The summed E-state index contributed by atoms with van der Waals surface area (Å²) in [5, 5.41) is 20.9. The lowest BCUT2D eigenvalue weighted by Crippen LogP contribution is -2.49. The van der Waals surface area contributed by atoms with Crippen molar-refractivity contribution in [3.8, 4) is 17.6 Å². The number of non-ortho nitro benzene ring substituents is 1. The maximum atomic E-state index is 13.2. The van der Waals surface area contributed by atoms with Crippen molar-refractivity contribution in [2.75, 3.05) is 37.7 Å². The Labute approximate surface area is 240 Å². The molecular weight excluding hydrogens is 611 g/mol. The van der Waals surface area contributed by atoms with Gasteiger partial charge in [0.15, 0.2) is 11.5 Å². The number of hydrogen-bond donors (Lipinski definition) is 0. The van der Waals surface area contributed by atoms with Crippen LogP contribution < -0.4 is 14.4 Å². The monoisotopic (exact) mass is 638 g/mol. The molecule has 3 aromatic rings. The van der Waals surface area contributed by atoms with Crippen molar-refractivity contribution in [1.29, 1.82) is 5.26 Å². The van der Waals surface area contributed by atoms with E-state index in [9.17, 15) is 20.2 Å². The van der Waals surface area contributed by atoms with Crippen LogP contribution in [0.15, 0.2) is 72.3 Å². The van der Waals surface area contributed by atoms with Crippen molar-refractivity contribution < 1.29 is 19.2 Å². The lowest BCUT2D eigenvalue weighted by atomic mass is 10.1. The van der Waals surface area contributed by atoms with Crippen LogP contribution in [0.25, 0.3) is 6.08 Å². The Kier molecular flexibility index (Phi) is 9.38. The standard InChI is InChI=1S/C29H27IN4O5/c1-2-38-27-18-22(17-26(30)28(27)39-20-21-7-6-10-25(16-21)34(36)37)15-23(19-31)29(35)33-13-11-32(12-14-33)24-8-4-3-5-9-24/h3-10,15-18H,2,11-14,20H2,1H3/b23-15-. The maximum absolute atomic E-state index is 13.2. The molecule has 0 spiro atoms. The van der Waals surface area contributed by atoms with Gasteiger partial charge >= 0.3 is 0 Å². The van der Waals surface area contributed by atoms with Crippen LogP contribution in [0.2, 0.25) is 0 Å². The second kappa shape index (κ2) is 13.1. The highest BCUT2D eigenvalue weighted by Gasteiger charge is 2.24. The van der Waals surface area contributed by atoms with Crippen molar-refractivity contribution in [2.24, 2.45) is 0 Å². The zero-order valence-electron chi connectivity index (χ0n) is 21.4. The summed E-state index contributed by atoms with van der Waals surface area (Å²) in [6.45, 7) is 4.78. The summed E-state index contributed by atoms with van der Waals surface area (Å²) in [6.07, 6.45) is 1.57. The molecule has 10 heteroatoms. The molecule has 0 bridgehead atoms. The topological polar surface area (TPSA) is 109 Å². The fraction of sp³-hybridized carbons (Fsp3) is 0.241. The number of carbonyl (C=O) groups is 1. The van der Waals surface area contributed by atoms with Crippen LogP contribution in [0, 0.1) is 25.0 Å². The molecule has 0 aromatic heterocycles. The van der Waals surface area contributed by atoms with Gasteiger partial charge < -0.3 is 19.3 Å². The number of ether oxygens (including phenoxy) is 2. The average Bonchev–Trinajstić information content (AvgIpc) is 2.96. The number of nitriles is 1. The van der Waals surface area contributed by atoms with Crippen molar-refractivity contribution in [3.63, 3.8) is 0 Å². The Hall–Kier alpha value is -4.11. The molecule has 1 amide bonds. The molecule has 1 aliphatic heterocycles. The molecule has 1 aliphatic rings. The van der Waals surface area contributed by atoms with Gasteiger partial charge in [0.2, 0.25) is 0 Å². The minimum Gasteiger partial charge on any atom is -0.490 e. The largest absolute Gasteiger partial charge is 0.490 e. The minimum atomic E-state index is -0.447. The van der Waals surface area contributed by atoms with Crippen LogP contribution in [-0.2, 0) is 11.4 Å². The number of hydrogen-bond acceptors (Lipinski definition) is 7. The number of piperazine rings is 1. The van der Waals surface area contributed by atoms with Crippen molar-refractivity contribution in [2.45, 2.75) is 13.5 Å². The highest BCUT2D eigenvalue weighted by Crippen LogP contribution is 2.36. The zero-order valence-corrected chi connectivity index (χ0v) is 23.5. The van der Waals surface area contributed by atoms with E-state index in [4.69, 9.17) is 9.47 Å². The normalized spacial score (nSPS) is 13.5. The lowest BCUT2D eigenvalue weighted by molar-refractivity contribution is -0.384. The molecule has 4 rings (SSSR count). The van der Waals surface area contributed by atoms with E-state index in [0.717, 1.165) is 9.26 Å². The van der Waals surface area contributed by atoms with E-state index in [1.54, 1.807) is 29.2 Å². The number of para-hydroxylation sites is 1. The fourth-order valence-corrected chi connectivity index (χ4v) is 5.06. The Morgan fingerprint density at radius 1 is 1.08 bits per heavy atom. The number of nitro groups is 1.